The van der Waals surface area contributed by atoms with E-state index in [-0.39, 0.29) is 12.1 Å². The van der Waals surface area contributed by atoms with Crippen molar-refractivity contribution in [1.82, 2.24) is 15.1 Å². The Labute approximate surface area is 144 Å². The van der Waals surface area contributed by atoms with Crippen LogP contribution in [-0.2, 0) is 4.74 Å². The zero-order valence-electron chi connectivity index (χ0n) is 14.8. The summed E-state index contributed by atoms with van der Waals surface area (Å²) in [6.07, 6.45) is 4.48. The lowest BCUT2D eigenvalue weighted by molar-refractivity contribution is 0.0628. The first-order chi connectivity index (χ1) is 11.7. The summed E-state index contributed by atoms with van der Waals surface area (Å²) in [5.74, 6) is 1.66. The van der Waals surface area contributed by atoms with Gasteiger partial charge in [-0.2, -0.15) is 0 Å². The van der Waals surface area contributed by atoms with Gasteiger partial charge in [0, 0.05) is 39.4 Å². The highest BCUT2D eigenvalue weighted by atomic mass is 16.5. The largest absolute Gasteiger partial charge is 0.464 e. The lowest BCUT2D eigenvalue weighted by Gasteiger charge is -2.44. The van der Waals surface area contributed by atoms with Crippen LogP contribution in [0.1, 0.15) is 43.2 Å². The van der Waals surface area contributed by atoms with Gasteiger partial charge < -0.3 is 19.4 Å². The van der Waals surface area contributed by atoms with Gasteiger partial charge in [0.2, 0.25) is 0 Å². The van der Waals surface area contributed by atoms with E-state index >= 15 is 0 Å². The molecule has 2 amide bonds. The van der Waals surface area contributed by atoms with Crippen molar-refractivity contribution in [1.29, 1.82) is 0 Å². The number of hydrogen-bond donors (Lipinski definition) is 1. The number of hydrogen-bond acceptors (Lipinski definition) is 4. The molecule has 1 N–H and O–H groups in total. The van der Waals surface area contributed by atoms with E-state index in [0.29, 0.717) is 19.1 Å². The maximum atomic E-state index is 12.7. The summed E-state index contributed by atoms with van der Waals surface area (Å²) in [7, 11) is 1.68. The fraction of sp³-hybridized carbons (Fsp3) is 0.722. The molecule has 0 saturated carbocycles. The van der Waals surface area contributed by atoms with Gasteiger partial charge in [0.15, 0.2) is 0 Å². The van der Waals surface area contributed by atoms with Crippen molar-refractivity contribution >= 4 is 6.03 Å². The molecule has 2 aliphatic heterocycles. The van der Waals surface area contributed by atoms with Crippen molar-refractivity contribution in [2.45, 2.75) is 44.7 Å². The van der Waals surface area contributed by atoms with Gasteiger partial charge in [0.05, 0.1) is 6.04 Å². The third kappa shape index (κ3) is 4.11. The first-order valence-corrected chi connectivity index (χ1v) is 9.02. The molecule has 6 nitrogen and oxygen atoms in total. The quantitative estimate of drug-likeness (QED) is 0.898. The van der Waals surface area contributed by atoms with E-state index in [1.807, 2.05) is 24.0 Å². The van der Waals surface area contributed by atoms with Crippen molar-refractivity contribution in [3.63, 3.8) is 0 Å². The van der Waals surface area contributed by atoms with Crippen molar-refractivity contribution in [3.8, 4) is 0 Å². The summed E-state index contributed by atoms with van der Waals surface area (Å²) < 4.78 is 10.9. The Morgan fingerprint density at radius 3 is 3.00 bits per heavy atom. The molecular formula is C18H29N3O3. The molecule has 3 rings (SSSR count). The number of carbonyl (C=O) groups excluding carboxylic acids is 1. The number of piperidine rings is 1. The van der Waals surface area contributed by atoms with E-state index in [1.165, 1.54) is 25.8 Å². The van der Waals surface area contributed by atoms with Crippen molar-refractivity contribution < 1.29 is 13.9 Å². The second kappa shape index (κ2) is 8.03. The van der Waals surface area contributed by atoms with Crippen LogP contribution in [0.5, 0.6) is 0 Å². The van der Waals surface area contributed by atoms with E-state index < -0.39 is 0 Å². The molecule has 1 aromatic rings. The lowest BCUT2D eigenvalue weighted by Crippen LogP contribution is -2.58. The van der Waals surface area contributed by atoms with Gasteiger partial charge in [-0.1, -0.05) is 6.42 Å². The van der Waals surface area contributed by atoms with Crippen LogP contribution in [0.3, 0.4) is 0 Å². The Hall–Kier alpha value is -1.53. The molecule has 6 heteroatoms. The summed E-state index contributed by atoms with van der Waals surface area (Å²) >= 11 is 0. The smallest absolute Gasteiger partial charge is 0.318 e. The number of nitrogens with one attached hydrogen (secondary N) is 1. The van der Waals surface area contributed by atoms with Crippen LogP contribution in [0.15, 0.2) is 16.5 Å². The number of aryl methyl sites for hydroxylation is 1. The zero-order valence-corrected chi connectivity index (χ0v) is 14.8. The lowest BCUT2D eigenvalue weighted by atomic mass is 10.00. The average molecular weight is 335 g/mol. The van der Waals surface area contributed by atoms with Gasteiger partial charge in [-0.05, 0) is 44.9 Å². The predicted octanol–water partition coefficient (Wildman–Crippen LogP) is 2.55. The van der Waals surface area contributed by atoms with E-state index in [0.717, 1.165) is 31.2 Å². The Kier molecular flexibility index (Phi) is 5.79. The van der Waals surface area contributed by atoms with Crippen LogP contribution >= 0.6 is 0 Å². The minimum Gasteiger partial charge on any atom is -0.464 e. The highest BCUT2D eigenvalue weighted by molar-refractivity contribution is 5.74. The van der Waals surface area contributed by atoms with E-state index in [1.54, 1.807) is 7.11 Å². The first-order valence-electron chi connectivity index (χ1n) is 9.02. The highest BCUT2D eigenvalue weighted by Crippen LogP contribution is 2.23. The number of rotatable bonds is 5. The van der Waals surface area contributed by atoms with Crippen LogP contribution in [-0.4, -0.2) is 61.8 Å². The van der Waals surface area contributed by atoms with Crippen LogP contribution in [0.2, 0.25) is 0 Å². The van der Waals surface area contributed by atoms with Gasteiger partial charge in [-0.3, -0.25) is 4.90 Å². The Morgan fingerprint density at radius 1 is 1.38 bits per heavy atom. The SMILES string of the molecule is COCC[C@H](NC(=O)N1CCN2CCCC[C@@H]2C1)c1ccc(C)o1. The fourth-order valence-corrected chi connectivity index (χ4v) is 3.74. The van der Waals surface area contributed by atoms with Gasteiger partial charge in [0.1, 0.15) is 11.5 Å². The van der Waals surface area contributed by atoms with Gasteiger partial charge >= 0.3 is 6.03 Å². The zero-order chi connectivity index (χ0) is 16.9. The van der Waals surface area contributed by atoms with Crippen LogP contribution in [0, 0.1) is 6.92 Å². The normalized spacial score (nSPS) is 22.9. The number of urea groups is 1. The van der Waals surface area contributed by atoms with Gasteiger partial charge in [-0.15, -0.1) is 0 Å². The molecule has 2 aliphatic rings. The number of furan rings is 1. The third-order valence-electron chi connectivity index (χ3n) is 5.14. The van der Waals surface area contributed by atoms with Crippen LogP contribution in [0.4, 0.5) is 4.79 Å². The Balaban J connectivity index is 1.60. The summed E-state index contributed by atoms with van der Waals surface area (Å²) in [6, 6.07) is 4.27. The standard InChI is InChI=1S/C18H29N3O3/c1-14-6-7-17(24-14)16(8-12-23-2)19-18(22)21-11-10-20-9-4-3-5-15(20)13-21/h6-7,15-16H,3-5,8-13H2,1-2H3,(H,19,22)/t15-,16+/m1/s1. The summed E-state index contributed by atoms with van der Waals surface area (Å²) in [6.45, 7) is 6.31. The molecule has 0 aliphatic carbocycles. The molecule has 2 saturated heterocycles. The molecular weight excluding hydrogens is 306 g/mol. The van der Waals surface area contributed by atoms with Gasteiger partial charge in [-0.25, -0.2) is 4.79 Å². The number of piperazine rings is 1. The van der Waals surface area contributed by atoms with Crippen LogP contribution in [0.25, 0.3) is 0 Å². The van der Waals surface area contributed by atoms with E-state index in [2.05, 4.69) is 10.2 Å². The molecule has 0 radical (unpaired) electrons. The number of carbonyl (C=O) groups is 1. The Bertz CT molecular complexity index is 545. The fourth-order valence-electron chi connectivity index (χ4n) is 3.74. The maximum absolute atomic E-state index is 12.7. The molecule has 24 heavy (non-hydrogen) atoms. The molecule has 0 unspecified atom stereocenters. The minimum absolute atomic E-state index is 0.00961. The molecule has 0 spiro atoms. The summed E-state index contributed by atoms with van der Waals surface area (Å²) in [5, 5.41) is 3.14. The van der Waals surface area contributed by atoms with Gasteiger partial charge in [0.25, 0.3) is 0 Å². The molecule has 2 fully saturated rings. The predicted molar refractivity (Wildman–Crippen MR) is 92.0 cm³/mol. The highest BCUT2D eigenvalue weighted by Gasteiger charge is 2.32. The number of ether oxygens (including phenoxy) is 1. The number of nitrogens with zero attached hydrogens (tertiary/aromatic N) is 2. The van der Waals surface area contributed by atoms with E-state index in [4.69, 9.17) is 9.15 Å². The van der Waals surface area contributed by atoms with Crippen LogP contribution < -0.4 is 5.32 Å². The number of fused-ring (bicyclic) bond motifs is 1. The Morgan fingerprint density at radius 2 is 2.25 bits per heavy atom. The second-order valence-electron chi connectivity index (χ2n) is 6.86. The number of amides is 2. The minimum atomic E-state index is -0.143. The summed E-state index contributed by atoms with van der Waals surface area (Å²) in [5.41, 5.74) is 0. The monoisotopic (exact) mass is 335 g/mol. The van der Waals surface area contributed by atoms with Crippen molar-refractivity contribution in [2.24, 2.45) is 0 Å². The molecule has 0 aromatic carbocycles. The first kappa shape index (κ1) is 17.3. The molecule has 0 bridgehead atoms. The number of methoxy groups -OCH3 is 1. The third-order valence-corrected chi connectivity index (χ3v) is 5.14. The molecule has 2 atom stereocenters. The topological polar surface area (TPSA) is 58.0 Å². The van der Waals surface area contributed by atoms with Crippen molar-refractivity contribution in [2.75, 3.05) is 39.9 Å². The summed E-state index contributed by atoms with van der Waals surface area (Å²) in [4.78, 5) is 17.2. The van der Waals surface area contributed by atoms with Crippen molar-refractivity contribution in [3.05, 3.63) is 23.7 Å². The maximum Gasteiger partial charge on any atom is 0.318 e. The van der Waals surface area contributed by atoms with E-state index in [9.17, 15) is 4.79 Å². The molecule has 3 heterocycles. The second-order valence-corrected chi connectivity index (χ2v) is 6.86. The average Bonchev–Trinajstić information content (AvgIpc) is 3.04. The molecule has 1 aromatic heterocycles. The molecule has 134 valence electrons.